The molecule has 0 amide bonds. The number of hydrogen-bond acceptors (Lipinski definition) is 2. The molecule has 3 aliphatic rings. The van der Waals surface area contributed by atoms with E-state index in [0.717, 1.165) is 18.6 Å². The number of rotatable bonds is 2. The normalized spacial score (nSPS) is 33.6. The molecule has 0 saturated carbocycles. The minimum absolute atomic E-state index is 0.728. The van der Waals surface area contributed by atoms with Crippen molar-refractivity contribution in [3.05, 3.63) is 35.9 Å². The SMILES string of the molecule is CC1CN(Cc2ccccc2)C2CCN1CC2. The summed E-state index contributed by atoms with van der Waals surface area (Å²) in [6, 6.07) is 12.5. The second-order valence-corrected chi connectivity index (χ2v) is 5.53. The first kappa shape index (κ1) is 11.2. The Kier molecular flexibility index (Phi) is 3.17. The first-order chi connectivity index (χ1) is 8.33. The Bertz CT molecular complexity index is 354. The number of nitrogens with zero attached hydrogens (tertiary/aromatic N) is 2. The minimum Gasteiger partial charge on any atom is -0.299 e. The van der Waals surface area contributed by atoms with Crippen molar-refractivity contribution in [2.24, 2.45) is 0 Å². The summed E-state index contributed by atoms with van der Waals surface area (Å²) in [6.45, 7) is 7.35. The molecule has 3 aliphatic heterocycles. The molecule has 0 aliphatic carbocycles. The van der Waals surface area contributed by atoms with E-state index in [0.29, 0.717) is 0 Å². The molecule has 3 saturated heterocycles. The van der Waals surface area contributed by atoms with Gasteiger partial charge in [-0.3, -0.25) is 9.80 Å². The van der Waals surface area contributed by atoms with Gasteiger partial charge in [-0.2, -0.15) is 0 Å². The Hall–Kier alpha value is -0.860. The third kappa shape index (κ3) is 2.38. The van der Waals surface area contributed by atoms with Gasteiger partial charge in [0.2, 0.25) is 0 Å². The molecule has 2 nitrogen and oxygen atoms in total. The Morgan fingerprint density at radius 2 is 1.82 bits per heavy atom. The van der Waals surface area contributed by atoms with E-state index < -0.39 is 0 Å². The van der Waals surface area contributed by atoms with Crippen molar-refractivity contribution in [3.63, 3.8) is 0 Å². The summed E-state index contributed by atoms with van der Waals surface area (Å²) in [5.74, 6) is 0. The molecule has 1 aromatic carbocycles. The average molecular weight is 230 g/mol. The van der Waals surface area contributed by atoms with Crippen LogP contribution in [0.3, 0.4) is 0 Å². The maximum atomic E-state index is 2.70. The van der Waals surface area contributed by atoms with Crippen LogP contribution in [0.15, 0.2) is 30.3 Å². The first-order valence-electron chi connectivity index (χ1n) is 6.85. The highest BCUT2D eigenvalue weighted by Gasteiger charge is 2.32. The summed E-state index contributed by atoms with van der Waals surface area (Å²) in [5.41, 5.74) is 1.46. The summed E-state index contributed by atoms with van der Waals surface area (Å²) in [4.78, 5) is 5.36. The molecule has 3 fully saturated rings. The largest absolute Gasteiger partial charge is 0.299 e. The fraction of sp³-hybridized carbons (Fsp3) is 0.600. The monoisotopic (exact) mass is 230 g/mol. The van der Waals surface area contributed by atoms with E-state index in [1.54, 1.807) is 0 Å². The highest BCUT2D eigenvalue weighted by molar-refractivity contribution is 5.14. The maximum Gasteiger partial charge on any atom is 0.0237 e. The van der Waals surface area contributed by atoms with Crippen molar-refractivity contribution in [2.45, 2.75) is 38.4 Å². The number of hydrogen-bond donors (Lipinski definition) is 0. The Balaban J connectivity index is 1.74. The van der Waals surface area contributed by atoms with Crippen LogP contribution in [-0.4, -0.2) is 41.5 Å². The zero-order chi connectivity index (χ0) is 11.7. The molecule has 0 aromatic heterocycles. The lowest BCUT2D eigenvalue weighted by Gasteiger charge is -2.31. The van der Waals surface area contributed by atoms with Gasteiger partial charge in [-0.05, 0) is 38.4 Å². The Labute approximate surface area is 104 Å². The summed E-state index contributed by atoms with van der Waals surface area (Å²) in [6.07, 6.45) is 2.72. The van der Waals surface area contributed by atoms with Crippen LogP contribution in [0.1, 0.15) is 25.3 Å². The molecule has 0 N–H and O–H groups in total. The number of piperidine rings is 1. The van der Waals surface area contributed by atoms with Gasteiger partial charge in [0.05, 0.1) is 0 Å². The maximum absolute atomic E-state index is 2.70. The van der Waals surface area contributed by atoms with E-state index >= 15 is 0 Å². The van der Waals surface area contributed by atoms with E-state index in [2.05, 4.69) is 47.1 Å². The van der Waals surface area contributed by atoms with Crippen molar-refractivity contribution >= 4 is 0 Å². The van der Waals surface area contributed by atoms with Gasteiger partial charge in [-0.1, -0.05) is 30.3 Å². The second-order valence-electron chi connectivity index (χ2n) is 5.53. The van der Waals surface area contributed by atoms with Gasteiger partial charge in [0.1, 0.15) is 0 Å². The summed E-state index contributed by atoms with van der Waals surface area (Å²) in [7, 11) is 0. The Morgan fingerprint density at radius 1 is 1.12 bits per heavy atom. The zero-order valence-electron chi connectivity index (χ0n) is 10.7. The van der Waals surface area contributed by atoms with Crippen LogP contribution in [0, 0.1) is 0 Å². The molecular weight excluding hydrogens is 208 g/mol. The summed E-state index contributed by atoms with van der Waals surface area (Å²) in [5, 5.41) is 0. The molecule has 1 aromatic rings. The van der Waals surface area contributed by atoms with Gasteiger partial charge in [-0.15, -0.1) is 0 Å². The average Bonchev–Trinajstić information content (AvgIpc) is 2.61. The lowest BCUT2D eigenvalue weighted by atomic mass is 10.0. The van der Waals surface area contributed by atoms with E-state index in [4.69, 9.17) is 0 Å². The van der Waals surface area contributed by atoms with Crippen molar-refractivity contribution in [1.82, 2.24) is 9.80 Å². The van der Waals surface area contributed by atoms with Gasteiger partial charge < -0.3 is 0 Å². The van der Waals surface area contributed by atoms with Crippen LogP contribution >= 0.6 is 0 Å². The van der Waals surface area contributed by atoms with Crippen molar-refractivity contribution < 1.29 is 0 Å². The number of fused-ring (bicyclic) bond motifs is 4. The van der Waals surface area contributed by atoms with Gasteiger partial charge in [-0.25, -0.2) is 0 Å². The van der Waals surface area contributed by atoms with Gasteiger partial charge in [0, 0.05) is 25.2 Å². The predicted molar refractivity (Wildman–Crippen MR) is 70.9 cm³/mol. The van der Waals surface area contributed by atoms with Gasteiger partial charge in [0.25, 0.3) is 0 Å². The van der Waals surface area contributed by atoms with E-state index in [1.807, 2.05) is 0 Å². The molecule has 3 heterocycles. The topological polar surface area (TPSA) is 6.48 Å². The van der Waals surface area contributed by atoms with Crippen LogP contribution in [0.2, 0.25) is 0 Å². The minimum atomic E-state index is 0.728. The molecule has 4 rings (SSSR count). The molecule has 17 heavy (non-hydrogen) atoms. The molecule has 92 valence electrons. The zero-order valence-corrected chi connectivity index (χ0v) is 10.7. The van der Waals surface area contributed by atoms with E-state index in [1.165, 1.54) is 38.0 Å². The third-order valence-electron chi connectivity index (χ3n) is 4.37. The molecular formula is C15H22N2. The van der Waals surface area contributed by atoms with Crippen LogP contribution in [0.5, 0.6) is 0 Å². The Morgan fingerprint density at radius 3 is 2.53 bits per heavy atom. The lowest BCUT2D eigenvalue weighted by molar-refractivity contribution is 0.175. The van der Waals surface area contributed by atoms with Crippen LogP contribution in [-0.2, 0) is 6.54 Å². The van der Waals surface area contributed by atoms with Gasteiger partial charge in [0.15, 0.2) is 0 Å². The fourth-order valence-corrected chi connectivity index (χ4v) is 3.31. The predicted octanol–water partition coefficient (Wildman–Crippen LogP) is 2.36. The smallest absolute Gasteiger partial charge is 0.0237 e. The van der Waals surface area contributed by atoms with Crippen molar-refractivity contribution in [3.8, 4) is 0 Å². The van der Waals surface area contributed by atoms with Crippen LogP contribution in [0.25, 0.3) is 0 Å². The molecule has 2 bridgehead atoms. The molecule has 1 atom stereocenters. The third-order valence-corrected chi connectivity index (χ3v) is 4.37. The highest BCUT2D eigenvalue weighted by atomic mass is 15.3. The van der Waals surface area contributed by atoms with Crippen molar-refractivity contribution in [2.75, 3.05) is 19.6 Å². The first-order valence-corrected chi connectivity index (χ1v) is 6.85. The van der Waals surface area contributed by atoms with Gasteiger partial charge >= 0.3 is 0 Å². The molecule has 1 unspecified atom stereocenters. The molecule has 0 spiro atoms. The van der Waals surface area contributed by atoms with Crippen LogP contribution in [0.4, 0.5) is 0 Å². The van der Waals surface area contributed by atoms with E-state index in [-0.39, 0.29) is 0 Å². The fourth-order valence-electron chi connectivity index (χ4n) is 3.31. The lowest BCUT2D eigenvalue weighted by Crippen LogP contribution is -2.38. The molecule has 2 heteroatoms. The quantitative estimate of drug-likeness (QED) is 0.769. The van der Waals surface area contributed by atoms with Crippen molar-refractivity contribution in [1.29, 1.82) is 0 Å². The van der Waals surface area contributed by atoms with E-state index in [9.17, 15) is 0 Å². The second kappa shape index (κ2) is 4.79. The molecule has 0 radical (unpaired) electrons. The summed E-state index contributed by atoms with van der Waals surface area (Å²) >= 11 is 0. The highest BCUT2D eigenvalue weighted by Crippen LogP contribution is 2.25. The standard InChI is InChI=1S/C15H22N2/c1-13-11-17(12-14-5-3-2-4-6-14)15-7-9-16(13)10-8-15/h2-6,13,15H,7-12H2,1H3. The summed E-state index contributed by atoms with van der Waals surface area (Å²) < 4.78 is 0. The van der Waals surface area contributed by atoms with Crippen LogP contribution < -0.4 is 0 Å². The number of benzene rings is 1.